The summed E-state index contributed by atoms with van der Waals surface area (Å²) in [6, 6.07) is 2.51. The molecule has 1 N–H and O–H groups in total. The van der Waals surface area contributed by atoms with Gasteiger partial charge >= 0.3 is 5.97 Å². The Labute approximate surface area is 141 Å². The third-order valence-electron chi connectivity index (χ3n) is 3.71. The lowest BCUT2D eigenvalue weighted by atomic mass is 9.95. The predicted octanol–water partition coefficient (Wildman–Crippen LogP) is 1.43. The van der Waals surface area contributed by atoms with Gasteiger partial charge in [-0.3, -0.25) is 0 Å². The lowest BCUT2D eigenvalue weighted by molar-refractivity contribution is -0.140. The maximum Gasteiger partial charge on any atom is 0.338 e. The van der Waals surface area contributed by atoms with Gasteiger partial charge in [-0.2, -0.15) is 4.68 Å². The fraction of sp³-hybridized carbons (Fsp3) is 0.333. The molecule has 8 nitrogen and oxygen atoms in total. The smallest absolute Gasteiger partial charge is 0.338 e. The minimum Gasteiger partial charge on any atom is -0.460 e. The van der Waals surface area contributed by atoms with Gasteiger partial charge < -0.3 is 14.8 Å². The number of allylic oxidation sites excluding steroid dienone is 1. The molecule has 1 atom stereocenters. The fourth-order valence-electron chi connectivity index (χ4n) is 2.56. The zero-order valence-corrected chi connectivity index (χ0v) is 13.5. The van der Waals surface area contributed by atoms with Crippen LogP contribution in [-0.4, -0.2) is 46.5 Å². The second-order valence-electron chi connectivity index (χ2n) is 5.32. The zero-order valence-electron chi connectivity index (χ0n) is 13.5. The summed E-state index contributed by atoms with van der Waals surface area (Å²) in [6.07, 6.45) is 0. The Bertz CT molecular complexity index is 836. The monoisotopic (exact) mass is 351 g/mol. The highest BCUT2D eigenvalue weighted by atomic mass is 19.2. The number of fused-ring (bicyclic) bond motifs is 1. The van der Waals surface area contributed by atoms with Crippen LogP contribution in [0.1, 0.15) is 18.5 Å². The minimum atomic E-state index is -1.03. The molecule has 0 amide bonds. The van der Waals surface area contributed by atoms with Crippen molar-refractivity contribution in [3.63, 3.8) is 0 Å². The van der Waals surface area contributed by atoms with Gasteiger partial charge in [0.05, 0.1) is 12.2 Å². The van der Waals surface area contributed by atoms with Crippen molar-refractivity contribution in [2.75, 3.05) is 25.6 Å². The Kier molecular flexibility index (Phi) is 4.70. The number of halogens is 2. The number of anilines is 1. The summed E-state index contributed by atoms with van der Waals surface area (Å²) in [5, 5.41) is 14.1. The Morgan fingerprint density at radius 2 is 2.12 bits per heavy atom. The first-order chi connectivity index (χ1) is 12.0. The molecule has 0 spiro atoms. The number of methoxy groups -OCH3 is 1. The van der Waals surface area contributed by atoms with E-state index in [1.54, 1.807) is 6.92 Å². The van der Waals surface area contributed by atoms with E-state index >= 15 is 0 Å². The summed E-state index contributed by atoms with van der Waals surface area (Å²) < 4.78 is 38.3. The van der Waals surface area contributed by atoms with Gasteiger partial charge in [0, 0.05) is 12.8 Å². The standard InChI is InChI=1S/C15H15F2N5O3/c1-8-12(14(23)25-6-5-24-2)13(22-15(18-8)19-20-21-22)9-3-4-10(16)11(17)7-9/h3-4,7,13H,5-6H2,1-2H3,(H,18,19,21)/t13-/m0/s1. The molecule has 3 rings (SSSR count). The van der Waals surface area contributed by atoms with Crippen molar-refractivity contribution in [2.24, 2.45) is 0 Å². The van der Waals surface area contributed by atoms with Crippen molar-refractivity contribution in [3.8, 4) is 0 Å². The molecule has 10 heteroatoms. The molecule has 1 aromatic carbocycles. The van der Waals surface area contributed by atoms with Crippen molar-refractivity contribution >= 4 is 11.9 Å². The van der Waals surface area contributed by atoms with Crippen LogP contribution >= 0.6 is 0 Å². The molecule has 2 aromatic rings. The van der Waals surface area contributed by atoms with Crippen LogP contribution in [0.25, 0.3) is 0 Å². The molecular weight excluding hydrogens is 336 g/mol. The van der Waals surface area contributed by atoms with Crippen LogP contribution < -0.4 is 5.32 Å². The molecule has 1 aromatic heterocycles. The topological polar surface area (TPSA) is 91.2 Å². The molecule has 132 valence electrons. The number of nitrogens with one attached hydrogen (secondary N) is 1. The number of benzene rings is 1. The summed E-state index contributed by atoms with van der Waals surface area (Å²) >= 11 is 0. The van der Waals surface area contributed by atoms with E-state index in [0.717, 1.165) is 12.1 Å². The van der Waals surface area contributed by atoms with E-state index in [9.17, 15) is 13.6 Å². The maximum absolute atomic E-state index is 13.7. The average Bonchev–Trinajstić information content (AvgIpc) is 3.04. The number of rotatable bonds is 5. The zero-order chi connectivity index (χ0) is 18.0. The quantitative estimate of drug-likeness (QED) is 0.644. The second-order valence-corrected chi connectivity index (χ2v) is 5.32. The van der Waals surface area contributed by atoms with E-state index in [-0.39, 0.29) is 24.7 Å². The molecule has 0 fully saturated rings. The fourth-order valence-corrected chi connectivity index (χ4v) is 2.56. The molecule has 0 radical (unpaired) electrons. The number of carbonyl (C=O) groups excluding carboxylic acids is 1. The van der Waals surface area contributed by atoms with E-state index in [1.165, 1.54) is 17.9 Å². The van der Waals surface area contributed by atoms with Gasteiger partial charge in [-0.25, -0.2) is 13.6 Å². The SMILES string of the molecule is COCCOC(=O)C1=C(C)Nc2nnnn2[C@H]1c1ccc(F)c(F)c1. The summed E-state index contributed by atoms with van der Waals surface area (Å²) in [5.41, 5.74) is 0.966. The molecule has 2 heterocycles. The summed E-state index contributed by atoms with van der Waals surface area (Å²) in [6.45, 7) is 1.94. The molecule has 0 bridgehead atoms. The van der Waals surface area contributed by atoms with Gasteiger partial charge in [-0.1, -0.05) is 11.2 Å². The summed E-state index contributed by atoms with van der Waals surface area (Å²) in [7, 11) is 1.48. The molecule has 0 unspecified atom stereocenters. The highest BCUT2D eigenvalue weighted by Crippen LogP contribution is 2.35. The van der Waals surface area contributed by atoms with Crippen LogP contribution in [0.2, 0.25) is 0 Å². The van der Waals surface area contributed by atoms with Crippen LogP contribution in [0.5, 0.6) is 0 Å². The van der Waals surface area contributed by atoms with Crippen LogP contribution in [0.15, 0.2) is 29.5 Å². The lowest BCUT2D eigenvalue weighted by Gasteiger charge is -2.27. The molecule has 0 saturated carbocycles. The molecule has 25 heavy (non-hydrogen) atoms. The number of tetrazole rings is 1. The Morgan fingerprint density at radius 1 is 1.32 bits per heavy atom. The number of hydrogen-bond acceptors (Lipinski definition) is 7. The second kappa shape index (κ2) is 6.93. The summed E-state index contributed by atoms with van der Waals surface area (Å²) in [5.74, 6) is -2.37. The molecule has 1 aliphatic heterocycles. The number of aromatic nitrogens is 4. The highest BCUT2D eigenvalue weighted by Gasteiger charge is 2.35. The molecular formula is C15H15F2N5O3. The Morgan fingerprint density at radius 3 is 2.84 bits per heavy atom. The van der Waals surface area contributed by atoms with E-state index in [4.69, 9.17) is 9.47 Å². The number of hydrogen-bond donors (Lipinski definition) is 1. The maximum atomic E-state index is 13.7. The lowest BCUT2D eigenvalue weighted by Crippen LogP contribution is -2.30. The van der Waals surface area contributed by atoms with Crippen molar-refractivity contribution < 1.29 is 23.0 Å². The third kappa shape index (κ3) is 3.20. The van der Waals surface area contributed by atoms with E-state index < -0.39 is 23.6 Å². The molecule has 0 saturated heterocycles. The van der Waals surface area contributed by atoms with Crippen molar-refractivity contribution in [3.05, 3.63) is 46.7 Å². The first kappa shape index (κ1) is 17.0. The number of esters is 1. The van der Waals surface area contributed by atoms with Gasteiger partial charge in [-0.05, 0) is 35.0 Å². The van der Waals surface area contributed by atoms with E-state index in [0.29, 0.717) is 11.3 Å². The van der Waals surface area contributed by atoms with Crippen molar-refractivity contribution in [1.82, 2.24) is 20.2 Å². The number of carbonyl (C=O) groups is 1. The van der Waals surface area contributed by atoms with Crippen LogP contribution in [-0.2, 0) is 14.3 Å². The number of ether oxygens (including phenoxy) is 2. The van der Waals surface area contributed by atoms with Gasteiger partial charge in [0.1, 0.15) is 12.6 Å². The van der Waals surface area contributed by atoms with Gasteiger partial charge in [0.2, 0.25) is 5.95 Å². The Hall–Kier alpha value is -2.88. The summed E-state index contributed by atoms with van der Waals surface area (Å²) in [4.78, 5) is 12.5. The largest absolute Gasteiger partial charge is 0.460 e. The molecule has 1 aliphatic rings. The van der Waals surface area contributed by atoms with Crippen molar-refractivity contribution in [1.29, 1.82) is 0 Å². The van der Waals surface area contributed by atoms with Crippen molar-refractivity contribution in [2.45, 2.75) is 13.0 Å². The predicted molar refractivity (Wildman–Crippen MR) is 81.5 cm³/mol. The first-order valence-electron chi connectivity index (χ1n) is 7.39. The number of nitrogens with zero attached hydrogens (tertiary/aromatic N) is 4. The van der Waals surface area contributed by atoms with Gasteiger partial charge in [0.15, 0.2) is 11.6 Å². The van der Waals surface area contributed by atoms with E-state index in [1.807, 2.05) is 0 Å². The van der Waals surface area contributed by atoms with E-state index in [2.05, 4.69) is 20.8 Å². The van der Waals surface area contributed by atoms with Crippen LogP contribution in [0.3, 0.4) is 0 Å². The highest BCUT2D eigenvalue weighted by molar-refractivity contribution is 5.92. The van der Waals surface area contributed by atoms with Crippen LogP contribution in [0, 0.1) is 11.6 Å². The first-order valence-corrected chi connectivity index (χ1v) is 7.39. The minimum absolute atomic E-state index is 0.0546. The third-order valence-corrected chi connectivity index (χ3v) is 3.71. The Balaban J connectivity index is 2.03. The average molecular weight is 351 g/mol. The van der Waals surface area contributed by atoms with Gasteiger partial charge in [0.25, 0.3) is 0 Å². The van der Waals surface area contributed by atoms with Gasteiger partial charge in [-0.15, -0.1) is 0 Å². The molecule has 0 aliphatic carbocycles. The van der Waals surface area contributed by atoms with Crippen LogP contribution in [0.4, 0.5) is 14.7 Å². The normalized spacial score (nSPS) is 16.4.